The average molecular weight is 377 g/mol. The number of amides is 1. The van der Waals surface area contributed by atoms with E-state index in [0.29, 0.717) is 9.24 Å². The first-order valence-electron chi connectivity index (χ1n) is 6.18. The van der Waals surface area contributed by atoms with E-state index in [9.17, 15) is 19.8 Å². The summed E-state index contributed by atoms with van der Waals surface area (Å²) >= 11 is 8.24. The van der Waals surface area contributed by atoms with Crippen LogP contribution in [-0.4, -0.2) is 48.7 Å². The second-order valence-corrected chi connectivity index (χ2v) is 8.90. The predicted molar refractivity (Wildman–Crippen MR) is 87.3 cm³/mol. The van der Waals surface area contributed by atoms with Gasteiger partial charge in [0.25, 0.3) is 0 Å². The number of aliphatic carboxylic acids is 1. The molecule has 4 atom stereocenters. The van der Waals surface area contributed by atoms with Crippen LogP contribution < -0.4 is 0 Å². The van der Waals surface area contributed by atoms with Gasteiger partial charge in [0.2, 0.25) is 5.91 Å². The molecule has 118 valence electrons. The highest BCUT2D eigenvalue weighted by atomic mass is 32.2. The lowest BCUT2D eigenvalue weighted by molar-refractivity contribution is -0.156. The normalized spacial score (nSPS) is 26.7. The molecule has 11 heteroatoms. The van der Waals surface area contributed by atoms with Crippen LogP contribution in [0.3, 0.4) is 0 Å². The highest BCUT2D eigenvalue weighted by molar-refractivity contribution is 8.26. The molecule has 0 aliphatic carbocycles. The van der Waals surface area contributed by atoms with Crippen molar-refractivity contribution in [3.05, 3.63) is 20.5 Å². The molecule has 1 saturated heterocycles. The molecule has 0 radical (unpaired) electrons. The number of fused-ring (bicyclic) bond motifs is 1. The maximum atomic E-state index is 12.1. The van der Waals surface area contributed by atoms with Gasteiger partial charge in [-0.25, -0.2) is 4.79 Å². The van der Waals surface area contributed by atoms with Crippen LogP contribution in [0.4, 0.5) is 0 Å². The number of thioether (sulfide) groups is 2. The minimum Gasteiger partial charge on any atom is -0.477 e. The zero-order chi connectivity index (χ0) is 16.0. The number of thiol groups is 1. The molecule has 2 N–H and O–H groups in total. The molecular weight excluding hydrogens is 366 g/mol. The monoisotopic (exact) mass is 377 g/mol. The number of carboxylic acid groups (broad SMARTS) is 1. The number of carbonyl (C=O) groups excluding carboxylic acids is 1. The molecule has 3 rings (SSSR count). The maximum Gasteiger partial charge on any atom is 0.354 e. The largest absolute Gasteiger partial charge is 0.477 e. The zero-order valence-electron chi connectivity index (χ0n) is 11.1. The van der Waals surface area contributed by atoms with Crippen molar-refractivity contribution in [2.45, 2.75) is 23.0 Å². The smallest absolute Gasteiger partial charge is 0.354 e. The summed E-state index contributed by atoms with van der Waals surface area (Å²) in [4.78, 5) is 24.8. The Labute approximate surface area is 143 Å². The van der Waals surface area contributed by atoms with E-state index in [1.807, 2.05) is 0 Å². The number of hydrogen-bond donors (Lipinski definition) is 3. The maximum absolute atomic E-state index is 12.1. The minimum absolute atomic E-state index is 0.0366. The Morgan fingerprint density at radius 1 is 1.59 bits per heavy atom. The molecule has 2 aliphatic rings. The molecule has 0 bridgehead atoms. The van der Waals surface area contributed by atoms with Gasteiger partial charge in [-0.3, -0.25) is 9.69 Å². The lowest BCUT2D eigenvalue weighted by atomic mass is 9.92. The third-order valence-corrected chi connectivity index (χ3v) is 7.50. The fourth-order valence-electron chi connectivity index (χ4n) is 2.27. The van der Waals surface area contributed by atoms with Crippen LogP contribution in [0.15, 0.2) is 15.4 Å². The van der Waals surface area contributed by atoms with E-state index in [1.165, 1.54) is 46.7 Å². The molecule has 1 aromatic rings. The van der Waals surface area contributed by atoms with Gasteiger partial charge >= 0.3 is 5.97 Å². The molecular formula is C11H11N3O4S4. The van der Waals surface area contributed by atoms with Crippen molar-refractivity contribution < 1.29 is 19.8 Å². The summed E-state index contributed by atoms with van der Waals surface area (Å²) in [6, 6.07) is 0. The van der Waals surface area contributed by atoms with Gasteiger partial charge in [0.15, 0.2) is 5.70 Å². The van der Waals surface area contributed by atoms with E-state index < -0.39 is 18.0 Å². The first-order chi connectivity index (χ1) is 10.4. The first-order valence-corrected chi connectivity index (χ1v) is 9.33. The van der Waals surface area contributed by atoms with Gasteiger partial charge < -0.3 is 10.2 Å². The molecule has 2 aliphatic heterocycles. The van der Waals surface area contributed by atoms with Crippen molar-refractivity contribution in [1.82, 2.24) is 15.1 Å². The summed E-state index contributed by atoms with van der Waals surface area (Å²) in [6.45, 7) is 1.54. The van der Waals surface area contributed by atoms with Crippen molar-refractivity contribution >= 4 is 59.4 Å². The van der Waals surface area contributed by atoms with Crippen LogP contribution in [0.1, 0.15) is 16.5 Å². The molecule has 1 fully saturated rings. The number of carbonyl (C=O) groups is 2. The van der Waals surface area contributed by atoms with Crippen LogP contribution >= 0.6 is 47.5 Å². The summed E-state index contributed by atoms with van der Waals surface area (Å²) in [7, 11) is 0. The third-order valence-electron chi connectivity index (χ3n) is 3.28. The Morgan fingerprint density at radius 2 is 2.32 bits per heavy atom. The molecule has 3 heterocycles. The van der Waals surface area contributed by atoms with E-state index in [2.05, 4.69) is 22.8 Å². The van der Waals surface area contributed by atoms with Gasteiger partial charge in [-0.05, 0) is 6.92 Å². The number of carboxylic acids is 1. The second kappa shape index (κ2) is 6.04. The van der Waals surface area contributed by atoms with E-state index in [-0.39, 0.29) is 21.6 Å². The van der Waals surface area contributed by atoms with Gasteiger partial charge in [0.1, 0.15) is 20.5 Å². The lowest BCUT2D eigenvalue weighted by Gasteiger charge is -2.43. The summed E-state index contributed by atoms with van der Waals surface area (Å²) in [5, 5.41) is 27.0. The van der Waals surface area contributed by atoms with E-state index in [4.69, 9.17) is 0 Å². The Bertz CT molecular complexity index is 648. The van der Waals surface area contributed by atoms with Crippen LogP contribution in [0.25, 0.3) is 0 Å². The fourth-order valence-corrected chi connectivity index (χ4v) is 6.54. The van der Waals surface area contributed by atoms with Crippen molar-refractivity contribution in [2.24, 2.45) is 5.92 Å². The summed E-state index contributed by atoms with van der Waals surface area (Å²) in [6.07, 6.45) is -0.810. The molecule has 1 unspecified atom stereocenters. The molecule has 1 amide bonds. The molecule has 0 saturated carbocycles. The van der Waals surface area contributed by atoms with E-state index in [1.54, 1.807) is 5.51 Å². The van der Waals surface area contributed by atoms with Crippen LogP contribution in [0.2, 0.25) is 0 Å². The Kier molecular flexibility index (Phi) is 4.42. The molecule has 1 aromatic heterocycles. The Morgan fingerprint density at radius 3 is 2.86 bits per heavy atom. The molecule has 0 spiro atoms. The number of hydrogen-bond acceptors (Lipinski definition) is 9. The second-order valence-electron chi connectivity index (χ2n) is 4.67. The number of nitrogens with zero attached hydrogens (tertiary/aromatic N) is 3. The average Bonchev–Trinajstić information content (AvgIpc) is 3.04. The minimum atomic E-state index is -1.16. The Balaban J connectivity index is 1.84. The first kappa shape index (κ1) is 16.1. The quantitative estimate of drug-likeness (QED) is 0.402. The number of β-lactam (4-membered cyclic amide) rings is 1. The van der Waals surface area contributed by atoms with Crippen molar-refractivity contribution in [3.63, 3.8) is 0 Å². The van der Waals surface area contributed by atoms with Crippen molar-refractivity contribution in [2.75, 3.05) is 0 Å². The highest BCUT2D eigenvalue weighted by Gasteiger charge is 2.57. The van der Waals surface area contributed by atoms with Gasteiger partial charge in [-0.2, -0.15) is 12.6 Å². The third kappa shape index (κ3) is 2.54. The Hall–Kier alpha value is -0.750. The topological polar surface area (TPSA) is 104 Å². The van der Waals surface area contributed by atoms with Gasteiger partial charge in [-0.1, -0.05) is 23.5 Å². The summed E-state index contributed by atoms with van der Waals surface area (Å²) in [5.74, 6) is -2.09. The highest BCUT2D eigenvalue weighted by Crippen LogP contribution is 2.56. The summed E-state index contributed by atoms with van der Waals surface area (Å²) in [5.41, 5.74) is 1.54. The SMILES string of the molecule is C[C@@H](O)[C@H]1C(=O)N2C(C(=O)O)=C(SC(S)c3nncs3)S[C@H]12. The van der Waals surface area contributed by atoms with Crippen LogP contribution in [0, 0.1) is 5.92 Å². The van der Waals surface area contributed by atoms with Crippen molar-refractivity contribution in [1.29, 1.82) is 0 Å². The molecule has 22 heavy (non-hydrogen) atoms. The van der Waals surface area contributed by atoms with E-state index >= 15 is 0 Å². The number of rotatable bonds is 5. The molecule has 0 aromatic carbocycles. The zero-order valence-corrected chi connectivity index (χ0v) is 14.5. The molecule has 7 nitrogen and oxygen atoms in total. The number of aromatic nitrogens is 2. The van der Waals surface area contributed by atoms with Crippen LogP contribution in [-0.2, 0) is 9.59 Å². The fraction of sp³-hybridized carbons (Fsp3) is 0.455. The number of aliphatic hydroxyl groups is 1. The predicted octanol–water partition coefficient (Wildman–Crippen LogP) is 1.37. The standard InChI is InChI=1S/C11H11N3O4S4/c1-3(15)4-7(16)14-5(9(17)18)11(21-8(4)14)22-10(19)6-13-12-2-20-6/h2-4,8,10,15,19H,1H3,(H,17,18)/t3-,4+,8-,10?/m1/s1. The van der Waals surface area contributed by atoms with Crippen molar-refractivity contribution in [3.8, 4) is 0 Å². The van der Waals surface area contributed by atoms with Gasteiger partial charge in [-0.15, -0.1) is 21.5 Å². The van der Waals surface area contributed by atoms with Crippen LogP contribution in [0.5, 0.6) is 0 Å². The number of aliphatic hydroxyl groups excluding tert-OH is 1. The summed E-state index contributed by atoms with van der Waals surface area (Å²) < 4.78 is 0.146. The lowest BCUT2D eigenvalue weighted by Crippen LogP contribution is -2.60. The van der Waals surface area contributed by atoms with Gasteiger partial charge in [0.05, 0.1) is 16.3 Å². The van der Waals surface area contributed by atoms with E-state index in [0.717, 1.165) is 0 Å². The van der Waals surface area contributed by atoms with Gasteiger partial charge in [0, 0.05) is 0 Å².